The van der Waals surface area contributed by atoms with E-state index in [-0.39, 0.29) is 0 Å². The first-order valence-corrected chi connectivity index (χ1v) is 16.5. The molecule has 0 N–H and O–H groups in total. The van der Waals surface area contributed by atoms with Crippen molar-refractivity contribution in [3.05, 3.63) is 176 Å². The van der Waals surface area contributed by atoms with Crippen molar-refractivity contribution >= 4 is 64.6 Å². The summed E-state index contributed by atoms with van der Waals surface area (Å²) in [7, 11) is 0. The fraction of sp³-hybridized carbons (Fsp3) is 0. The maximum Gasteiger partial charge on any atom is 0.0352 e. The maximum atomic E-state index is 4.46. The molecule has 0 bridgehead atoms. The topological polar surface area (TPSA) is 12.9 Å². The van der Waals surface area contributed by atoms with Gasteiger partial charge in [0.15, 0.2) is 0 Å². The molecule has 0 spiro atoms. The van der Waals surface area contributed by atoms with E-state index in [2.05, 4.69) is 169 Å². The van der Waals surface area contributed by atoms with Crippen molar-refractivity contribution in [1.82, 2.24) is 4.98 Å². The molecule has 10 aromatic rings. The minimum absolute atomic E-state index is 1.19. The number of benzene rings is 9. The van der Waals surface area contributed by atoms with Gasteiger partial charge in [-0.3, -0.25) is 4.98 Å². The zero-order chi connectivity index (χ0) is 31.6. The Labute approximate surface area is 278 Å². The third-order valence-corrected chi connectivity index (χ3v) is 10.1. The van der Waals surface area contributed by atoms with Crippen molar-refractivity contribution in [3.63, 3.8) is 0 Å². The summed E-state index contributed by atoms with van der Waals surface area (Å²) in [5.41, 5.74) is 7.28. The van der Waals surface area contributed by atoms with E-state index in [4.69, 9.17) is 0 Å². The molecule has 48 heavy (non-hydrogen) atoms. The van der Waals surface area contributed by atoms with E-state index in [1.54, 1.807) is 0 Å². The molecule has 1 heterocycles. The quantitative estimate of drug-likeness (QED) is 0.182. The predicted molar refractivity (Wildman–Crippen MR) is 206 cm³/mol. The highest BCUT2D eigenvalue weighted by Crippen LogP contribution is 2.39. The lowest BCUT2D eigenvalue weighted by Crippen LogP contribution is -1.87. The molecule has 0 unspecified atom stereocenters. The first kappa shape index (κ1) is 26.9. The molecule has 0 aliphatic heterocycles. The highest BCUT2D eigenvalue weighted by Gasteiger charge is 2.12. The highest BCUT2D eigenvalue weighted by atomic mass is 14.6. The van der Waals surface area contributed by atoms with Crippen LogP contribution in [0.25, 0.3) is 98.0 Å². The van der Waals surface area contributed by atoms with E-state index in [1.165, 1.54) is 98.0 Å². The maximum absolute atomic E-state index is 4.46. The Bertz CT molecular complexity index is 2630. The minimum atomic E-state index is 1.19. The molecular weight excluding hydrogens is 579 g/mol. The van der Waals surface area contributed by atoms with Gasteiger partial charge in [0.25, 0.3) is 0 Å². The van der Waals surface area contributed by atoms with Gasteiger partial charge in [-0.15, -0.1) is 0 Å². The second-order valence-corrected chi connectivity index (χ2v) is 12.7. The van der Waals surface area contributed by atoms with Gasteiger partial charge >= 0.3 is 0 Å². The predicted octanol–water partition coefficient (Wildman–Crippen LogP) is 13.0. The summed E-state index contributed by atoms with van der Waals surface area (Å²) in [5.74, 6) is 0. The van der Waals surface area contributed by atoms with Gasteiger partial charge < -0.3 is 0 Å². The molecule has 0 saturated carbocycles. The van der Waals surface area contributed by atoms with Crippen LogP contribution in [0.4, 0.5) is 0 Å². The summed E-state index contributed by atoms with van der Waals surface area (Å²) in [4.78, 5) is 4.46. The summed E-state index contributed by atoms with van der Waals surface area (Å²) in [6.45, 7) is 0. The third kappa shape index (κ3) is 4.15. The fourth-order valence-corrected chi connectivity index (χ4v) is 7.82. The number of hydrogen-bond acceptors (Lipinski definition) is 1. The first-order valence-electron chi connectivity index (χ1n) is 16.5. The Morgan fingerprint density at radius 2 is 0.562 bits per heavy atom. The minimum Gasteiger partial charge on any atom is -0.264 e. The fourth-order valence-electron chi connectivity index (χ4n) is 7.82. The molecule has 0 aliphatic carbocycles. The zero-order valence-electron chi connectivity index (χ0n) is 26.2. The Balaban J connectivity index is 1.08. The van der Waals surface area contributed by atoms with Crippen LogP contribution in [-0.2, 0) is 0 Å². The van der Waals surface area contributed by atoms with Crippen LogP contribution in [0.3, 0.4) is 0 Å². The van der Waals surface area contributed by atoms with Crippen LogP contribution in [0, 0.1) is 0 Å². The van der Waals surface area contributed by atoms with Gasteiger partial charge in [-0.2, -0.15) is 0 Å². The smallest absolute Gasteiger partial charge is 0.0352 e. The van der Waals surface area contributed by atoms with Crippen LogP contribution in [0.2, 0.25) is 0 Å². The van der Waals surface area contributed by atoms with Crippen molar-refractivity contribution in [2.24, 2.45) is 0 Å². The van der Waals surface area contributed by atoms with E-state index < -0.39 is 0 Å². The van der Waals surface area contributed by atoms with Crippen LogP contribution in [0.15, 0.2) is 176 Å². The first-order chi connectivity index (χ1) is 23.8. The molecule has 1 nitrogen and oxygen atoms in total. The van der Waals surface area contributed by atoms with Gasteiger partial charge in [0.2, 0.25) is 0 Å². The van der Waals surface area contributed by atoms with Crippen molar-refractivity contribution < 1.29 is 0 Å². The largest absolute Gasteiger partial charge is 0.264 e. The number of hydrogen-bond donors (Lipinski definition) is 0. The SMILES string of the molecule is c1cc(-c2cccc(-c3ccc4c5ccccc5c5cnccc5c4c3)c2)cc(-c2ccc3c4ccccc4c4ccccc4c3c2)c1. The molecule has 0 saturated heterocycles. The molecule has 10 rings (SSSR count). The zero-order valence-corrected chi connectivity index (χ0v) is 26.2. The van der Waals surface area contributed by atoms with Gasteiger partial charge in [-0.1, -0.05) is 133 Å². The van der Waals surface area contributed by atoms with Gasteiger partial charge in [-0.05, 0) is 123 Å². The molecular formula is C47H29N. The Morgan fingerprint density at radius 3 is 1.00 bits per heavy atom. The molecule has 0 atom stereocenters. The third-order valence-electron chi connectivity index (χ3n) is 10.1. The second kappa shape index (κ2) is 10.6. The van der Waals surface area contributed by atoms with Crippen LogP contribution >= 0.6 is 0 Å². The summed E-state index contributed by atoms with van der Waals surface area (Å²) in [5, 5.41) is 15.3. The van der Waals surface area contributed by atoms with Crippen molar-refractivity contribution in [3.8, 4) is 33.4 Å². The molecule has 0 aliphatic rings. The number of aromatic nitrogens is 1. The number of rotatable bonds is 3. The summed E-state index contributed by atoms with van der Waals surface area (Å²) in [6, 6.07) is 60.1. The lowest BCUT2D eigenvalue weighted by atomic mass is 9.91. The number of fused-ring (bicyclic) bond motifs is 12. The Hall–Kier alpha value is -6.31. The van der Waals surface area contributed by atoms with E-state index in [0.717, 1.165) is 0 Å². The monoisotopic (exact) mass is 607 g/mol. The average molecular weight is 608 g/mol. The molecule has 0 fully saturated rings. The van der Waals surface area contributed by atoms with E-state index in [0.29, 0.717) is 0 Å². The standard InChI is InChI=1S/C47H29N/c1-2-15-38-36(13-1)37-14-3-5-17-40(37)45-27-34(19-21-42(38)45)32-11-7-9-30(25-32)31-10-8-12-33(26-31)35-20-22-43-39-16-4-6-18-41(39)47-29-48-24-23-44(47)46(43)28-35/h1-29H. The second-order valence-electron chi connectivity index (χ2n) is 12.7. The van der Waals surface area contributed by atoms with Gasteiger partial charge in [0, 0.05) is 17.8 Å². The lowest BCUT2D eigenvalue weighted by Gasteiger charge is -2.13. The molecule has 1 heteroatoms. The number of pyridine rings is 1. The number of nitrogens with zero attached hydrogens (tertiary/aromatic N) is 1. The van der Waals surface area contributed by atoms with E-state index >= 15 is 0 Å². The summed E-state index contributed by atoms with van der Waals surface area (Å²) < 4.78 is 0. The van der Waals surface area contributed by atoms with Crippen molar-refractivity contribution in [1.29, 1.82) is 0 Å². The van der Waals surface area contributed by atoms with Crippen LogP contribution < -0.4 is 0 Å². The van der Waals surface area contributed by atoms with Crippen molar-refractivity contribution in [2.45, 2.75) is 0 Å². The van der Waals surface area contributed by atoms with Crippen LogP contribution in [-0.4, -0.2) is 4.98 Å². The average Bonchev–Trinajstić information content (AvgIpc) is 3.18. The molecule has 0 radical (unpaired) electrons. The van der Waals surface area contributed by atoms with Crippen molar-refractivity contribution in [2.75, 3.05) is 0 Å². The van der Waals surface area contributed by atoms with E-state index in [1.807, 2.05) is 12.4 Å². The van der Waals surface area contributed by atoms with Crippen LogP contribution in [0.1, 0.15) is 0 Å². The molecule has 9 aromatic carbocycles. The highest BCUT2D eigenvalue weighted by molar-refractivity contribution is 6.26. The lowest BCUT2D eigenvalue weighted by molar-refractivity contribution is 1.37. The molecule has 0 amide bonds. The van der Waals surface area contributed by atoms with Gasteiger partial charge in [-0.25, -0.2) is 0 Å². The summed E-state index contributed by atoms with van der Waals surface area (Å²) in [6.07, 6.45) is 3.90. The van der Waals surface area contributed by atoms with Gasteiger partial charge in [0.1, 0.15) is 0 Å². The normalized spacial score (nSPS) is 11.8. The Morgan fingerprint density at radius 1 is 0.229 bits per heavy atom. The Kier molecular flexibility index (Phi) is 5.94. The molecule has 1 aromatic heterocycles. The summed E-state index contributed by atoms with van der Waals surface area (Å²) >= 11 is 0. The molecule has 222 valence electrons. The van der Waals surface area contributed by atoms with Gasteiger partial charge in [0.05, 0.1) is 0 Å². The van der Waals surface area contributed by atoms with E-state index in [9.17, 15) is 0 Å². The van der Waals surface area contributed by atoms with Crippen LogP contribution in [0.5, 0.6) is 0 Å².